The van der Waals surface area contributed by atoms with Gasteiger partial charge in [0.2, 0.25) is 0 Å². The number of hydrogen-bond acceptors (Lipinski definition) is 1. The molecule has 1 heterocycles. The normalized spacial score (nSPS) is 14.8. The van der Waals surface area contributed by atoms with Crippen molar-refractivity contribution in [3.8, 4) is 66.8 Å². The average molecular weight is 738 g/mol. The maximum Gasteiger partial charge on any atom is 0.0648 e. The average Bonchev–Trinajstić information content (AvgIpc) is 3.56. The molecule has 0 atom stereocenters. The van der Waals surface area contributed by atoms with E-state index >= 15 is 0 Å². The molecule has 268 valence electrons. The first-order valence-corrected chi connectivity index (χ1v) is 20.0. The summed E-state index contributed by atoms with van der Waals surface area (Å²) in [5, 5.41) is 0.711. The molecular weight excluding hydrogens is 698 g/mol. The van der Waals surface area contributed by atoms with Crippen LogP contribution in [0.2, 0.25) is 5.02 Å². The van der Waals surface area contributed by atoms with Crippen LogP contribution in [0.1, 0.15) is 49.9 Å². The van der Waals surface area contributed by atoms with E-state index in [0.717, 1.165) is 17.1 Å². The van der Waals surface area contributed by atoms with E-state index in [9.17, 15) is 0 Å². The van der Waals surface area contributed by atoms with Gasteiger partial charge in [0, 0.05) is 22.0 Å². The van der Waals surface area contributed by atoms with Crippen LogP contribution in [0.3, 0.4) is 0 Å². The maximum atomic E-state index is 7.14. The standard InChI is InChI=1S/C54H40ClN/c1-53(2)43-21-9-7-17-39(43)51-35(19-13-23-45(51)53)33-27-29-48-41(31-33)37-15-5-6-16-38(37)42-32-34(28-30-49(42)56(48)50-26-12-11-25-47(50)55)36-20-14-24-46-52(36)40-18-8-10-22-44(40)54(46,3)4/h5-32H,1-4H3. The number of nitrogens with zero attached hydrogens (tertiary/aromatic N) is 1. The topological polar surface area (TPSA) is 3.24 Å². The highest BCUT2D eigenvalue weighted by atomic mass is 35.5. The zero-order chi connectivity index (χ0) is 37.9. The number of rotatable bonds is 3. The number of halogens is 1. The van der Waals surface area contributed by atoms with Gasteiger partial charge < -0.3 is 4.90 Å². The summed E-state index contributed by atoms with van der Waals surface area (Å²) in [4.78, 5) is 2.38. The predicted octanol–water partition coefficient (Wildman–Crippen LogP) is 15.4. The van der Waals surface area contributed by atoms with Gasteiger partial charge in [-0.25, -0.2) is 0 Å². The Balaban J connectivity index is 1.16. The molecule has 8 aromatic carbocycles. The molecule has 11 rings (SSSR count). The van der Waals surface area contributed by atoms with Crippen LogP contribution in [0.15, 0.2) is 170 Å². The number of para-hydroxylation sites is 1. The van der Waals surface area contributed by atoms with Gasteiger partial charge >= 0.3 is 0 Å². The van der Waals surface area contributed by atoms with Gasteiger partial charge in [-0.05, 0) is 114 Å². The summed E-state index contributed by atoms with van der Waals surface area (Å²) in [6, 6.07) is 62.7. The van der Waals surface area contributed by atoms with Crippen LogP contribution < -0.4 is 4.90 Å². The third kappa shape index (κ3) is 4.55. The first kappa shape index (κ1) is 33.2. The molecule has 0 bridgehead atoms. The maximum absolute atomic E-state index is 7.14. The van der Waals surface area contributed by atoms with Gasteiger partial charge in [-0.1, -0.05) is 173 Å². The van der Waals surface area contributed by atoms with Gasteiger partial charge in [-0.3, -0.25) is 0 Å². The summed E-state index contributed by atoms with van der Waals surface area (Å²) < 4.78 is 0. The van der Waals surface area contributed by atoms with Crippen LogP contribution >= 0.6 is 11.6 Å². The zero-order valence-corrected chi connectivity index (χ0v) is 32.7. The van der Waals surface area contributed by atoms with E-state index in [4.69, 9.17) is 11.6 Å². The van der Waals surface area contributed by atoms with Crippen molar-refractivity contribution in [2.24, 2.45) is 0 Å². The van der Waals surface area contributed by atoms with Crippen molar-refractivity contribution in [3.63, 3.8) is 0 Å². The molecule has 2 aliphatic carbocycles. The van der Waals surface area contributed by atoms with Crippen molar-refractivity contribution < 1.29 is 0 Å². The lowest BCUT2D eigenvalue weighted by Crippen LogP contribution is -2.14. The minimum absolute atomic E-state index is 0.0723. The molecule has 0 spiro atoms. The van der Waals surface area contributed by atoms with Gasteiger partial charge in [0.05, 0.1) is 22.1 Å². The van der Waals surface area contributed by atoms with Crippen LogP contribution in [0, 0.1) is 0 Å². The summed E-state index contributed by atoms with van der Waals surface area (Å²) in [6.45, 7) is 9.41. The zero-order valence-electron chi connectivity index (χ0n) is 32.0. The van der Waals surface area contributed by atoms with E-state index in [0.29, 0.717) is 5.02 Å². The monoisotopic (exact) mass is 737 g/mol. The molecule has 0 unspecified atom stereocenters. The summed E-state index contributed by atoms with van der Waals surface area (Å²) in [5.41, 5.74) is 23.6. The highest BCUT2D eigenvalue weighted by molar-refractivity contribution is 6.33. The Morgan fingerprint density at radius 3 is 1.21 bits per heavy atom. The molecule has 0 amide bonds. The highest BCUT2D eigenvalue weighted by Gasteiger charge is 2.38. The Kier molecular flexibility index (Phi) is 7.07. The van der Waals surface area contributed by atoms with E-state index in [1.54, 1.807) is 0 Å². The van der Waals surface area contributed by atoms with Gasteiger partial charge in [-0.15, -0.1) is 0 Å². The lowest BCUT2D eigenvalue weighted by atomic mass is 9.82. The fourth-order valence-electron chi connectivity index (χ4n) is 10.2. The van der Waals surface area contributed by atoms with E-state index in [2.05, 4.69) is 190 Å². The molecule has 0 radical (unpaired) electrons. The van der Waals surface area contributed by atoms with Crippen molar-refractivity contribution in [1.82, 2.24) is 0 Å². The van der Waals surface area contributed by atoms with Gasteiger partial charge in [0.25, 0.3) is 0 Å². The molecular formula is C54H40ClN. The largest absolute Gasteiger partial charge is 0.308 e. The molecule has 1 nitrogen and oxygen atoms in total. The Bertz CT molecular complexity index is 2770. The van der Waals surface area contributed by atoms with Crippen molar-refractivity contribution in [2.75, 3.05) is 4.90 Å². The second kappa shape index (κ2) is 11.9. The summed E-state index contributed by atoms with van der Waals surface area (Å²) >= 11 is 7.14. The first-order chi connectivity index (χ1) is 27.2. The Morgan fingerprint density at radius 1 is 0.339 bits per heavy atom. The minimum Gasteiger partial charge on any atom is -0.308 e. The SMILES string of the molecule is CC1(C)c2ccccc2-c2c(-c3ccc4c(c3)-c3ccccc3-c3cc(-c5cccc6c5-c5ccccc5C6(C)C)ccc3N4c3ccccc3Cl)cccc21. The first-order valence-electron chi connectivity index (χ1n) is 19.6. The number of benzene rings is 8. The molecule has 0 N–H and O–H groups in total. The van der Waals surface area contributed by atoms with Crippen LogP contribution in [0.4, 0.5) is 17.1 Å². The number of hydrogen-bond donors (Lipinski definition) is 0. The van der Waals surface area contributed by atoms with Gasteiger partial charge in [0.1, 0.15) is 0 Å². The van der Waals surface area contributed by atoms with Crippen LogP contribution in [0.5, 0.6) is 0 Å². The summed E-state index contributed by atoms with van der Waals surface area (Å²) in [6.07, 6.45) is 0. The van der Waals surface area contributed by atoms with E-state index in [1.165, 1.54) is 89.0 Å². The van der Waals surface area contributed by atoms with Crippen molar-refractivity contribution in [1.29, 1.82) is 0 Å². The third-order valence-corrected chi connectivity index (χ3v) is 13.2. The fraction of sp³-hybridized carbons (Fsp3) is 0.111. The smallest absolute Gasteiger partial charge is 0.0648 e. The van der Waals surface area contributed by atoms with Crippen molar-refractivity contribution in [3.05, 3.63) is 197 Å². The molecule has 8 aromatic rings. The van der Waals surface area contributed by atoms with E-state index in [-0.39, 0.29) is 10.8 Å². The highest BCUT2D eigenvalue weighted by Crippen LogP contribution is 2.57. The summed E-state index contributed by atoms with van der Waals surface area (Å²) in [5.74, 6) is 0. The quantitative estimate of drug-likeness (QED) is 0.174. The molecule has 0 saturated heterocycles. The molecule has 0 saturated carbocycles. The lowest BCUT2D eigenvalue weighted by molar-refractivity contribution is 0.660. The van der Waals surface area contributed by atoms with Gasteiger partial charge in [0.15, 0.2) is 0 Å². The Labute approximate surface area is 334 Å². The molecule has 1 aliphatic heterocycles. The molecule has 3 aliphatic rings. The number of fused-ring (bicyclic) bond motifs is 11. The molecule has 2 heteroatoms. The lowest BCUT2D eigenvalue weighted by Gasteiger charge is -2.29. The van der Waals surface area contributed by atoms with Crippen LogP contribution in [0.25, 0.3) is 66.8 Å². The van der Waals surface area contributed by atoms with Crippen molar-refractivity contribution >= 4 is 28.7 Å². The second-order valence-electron chi connectivity index (χ2n) is 16.6. The van der Waals surface area contributed by atoms with Crippen LogP contribution in [-0.2, 0) is 10.8 Å². The molecule has 56 heavy (non-hydrogen) atoms. The van der Waals surface area contributed by atoms with Crippen molar-refractivity contribution in [2.45, 2.75) is 38.5 Å². The molecule has 0 aromatic heterocycles. The van der Waals surface area contributed by atoms with E-state index in [1.807, 2.05) is 12.1 Å². The minimum atomic E-state index is -0.0723. The summed E-state index contributed by atoms with van der Waals surface area (Å²) in [7, 11) is 0. The predicted molar refractivity (Wildman–Crippen MR) is 237 cm³/mol. The van der Waals surface area contributed by atoms with Crippen LogP contribution in [-0.4, -0.2) is 0 Å². The van der Waals surface area contributed by atoms with E-state index < -0.39 is 0 Å². The van der Waals surface area contributed by atoms with Gasteiger partial charge in [-0.2, -0.15) is 0 Å². The second-order valence-corrected chi connectivity index (χ2v) is 17.0. The Hall–Kier alpha value is -6.15. The Morgan fingerprint density at radius 2 is 0.732 bits per heavy atom. The third-order valence-electron chi connectivity index (χ3n) is 12.9. The number of anilines is 3. The fourth-order valence-corrected chi connectivity index (χ4v) is 10.4. The molecule has 0 fully saturated rings.